The van der Waals surface area contributed by atoms with E-state index in [9.17, 15) is 13.2 Å². The minimum absolute atomic E-state index is 0.00941. The molecule has 0 aliphatic rings. The second kappa shape index (κ2) is 6.51. The van der Waals surface area contributed by atoms with Crippen molar-refractivity contribution in [1.29, 1.82) is 0 Å². The molecule has 7 nitrogen and oxygen atoms in total. The van der Waals surface area contributed by atoms with Gasteiger partial charge in [0.05, 0.1) is 6.54 Å². The number of para-hydroxylation sites is 1. The van der Waals surface area contributed by atoms with Crippen molar-refractivity contribution in [2.75, 3.05) is 25.5 Å². The smallest absolute Gasteiger partial charge is 0.248 e. The molecule has 0 fully saturated rings. The first kappa shape index (κ1) is 17.2. The van der Waals surface area contributed by atoms with Crippen LogP contribution in [0.15, 0.2) is 39.8 Å². The van der Waals surface area contributed by atoms with Crippen LogP contribution in [0.5, 0.6) is 0 Å². The van der Waals surface area contributed by atoms with Crippen molar-refractivity contribution in [1.82, 2.24) is 9.46 Å². The summed E-state index contributed by atoms with van der Waals surface area (Å²) >= 11 is 0. The van der Waals surface area contributed by atoms with E-state index in [4.69, 9.17) is 4.52 Å². The minimum Gasteiger partial charge on any atom is -0.360 e. The highest BCUT2D eigenvalue weighted by Crippen LogP contribution is 2.22. The fourth-order valence-electron chi connectivity index (χ4n) is 2.18. The van der Waals surface area contributed by atoms with Crippen molar-refractivity contribution in [3.8, 4) is 0 Å². The molecule has 1 amide bonds. The second-order valence-electron chi connectivity index (χ2n) is 5.20. The van der Waals surface area contributed by atoms with Crippen molar-refractivity contribution >= 4 is 21.6 Å². The van der Waals surface area contributed by atoms with Gasteiger partial charge in [0, 0.05) is 19.8 Å². The Morgan fingerprint density at radius 2 is 1.78 bits per heavy atom. The molecule has 124 valence electrons. The summed E-state index contributed by atoms with van der Waals surface area (Å²) in [5, 5.41) is 3.65. The van der Waals surface area contributed by atoms with Crippen LogP contribution in [0.25, 0.3) is 0 Å². The molecule has 8 heteroatoms. The first-order chi connectivity index (χ1) is 10.7. The molecule has 0 saturated carbocycles. The Morgan fingerprint density at radius 1 is 1.17 bits per heavy atom. The fraction of sp³-hybridized carbons (Fsp3) is 0.333. The Labute approximate surface area is 135 Å². The van der Waals surface area contributed by atoms with Crippen LogP contribution >= 0.6 is 0 Å². The molecule has 1 aromatic heterocycles. The maximum absolute atomic E-state index is 12.6. The number of nitrogens with zero attached hydrogens (tertiary/aromatic N) is 3. The summed E-state index contributed by atoms with van der Waals surface area (Å²) < 4.78 is 31.1. The van der Waals surface area contributed by atoms with Gasteiger partial charge in [0.1, 0.15) is 10.6 Å². The molecule has 0 N–H and O–H groups in total. The summed E-state index contributed by atoms with van der Waals surface area (Å²) in [6.45, 7) is 2.80. The van der Waals surface area contributed by atoms with E-state index in [1.54, 1.807) is 26.1 Å². The predicted molar refractivity (Wildman–Crippen MR) is 85.6 cm³/mol. The number of likely N-dealkylation sites (N-methyl/N-ethyl adjacent to an activating group) is 2. The lowest BCUT2D eigenvalue weighted by molar-refractivity contribution is -0.118. The summed E-state index contributed by atoms with van der Waals surface area (Å²) in [4.78, 5) is 13.7. The van der Waals surface area contributed by atoms with E-state index in [2.05, 4.69) is 5.16 Å². The first-order valence-electron chi connectivity index (χ1n) is 6.96. The number of carbonyl (C=O) groups is 1. The molecule has 0 radical (unpaired) electrons. The van der Waals surface area contributed by atoms with Gasteiger partial charge < -0.3 is 9.42 Å². The van der Waals surface area contributed by atoms with Gasteiger partial charge in [-0.2, -0.15) is 4.31 Å². The van der Waals surface area contributed by atoms with Crippen molar-refractivity contribution in [2.45, 2.75) is 18.7 Å². The molecule has 0 bridgehead atoms. The highest BCUT2D eigenvalue weighted by molar-refractivity contribution is 7.89. The average molecular weight is 337 g/mol. The van der Waals surface area contributed by atoms with E-state index >= 15 is 0 Å². The minimum atomic E-state index is -3.84. The molecule has 0 spiro atoms. The van der Waals surface area contributed by atoms with Gasteiger partial charge in [0.15, 0.2) is 5.76 Å². The van der Waals surface area contributed by atoms with E-state index < -0.39 is 10.0 Å². The van der Waals surface area contributed by atoms with Gasteiger partial charge in [-0.15, -0.1) is 0 Å². The van der Waals surface area contributed by atoms with Crippen LogP contribution in [0.2, 0.25) is 0 Å². The first-order valence-corrected chi connectivity index (χ1v) is 8.40. The Bertz CT molecular complexity index is 780. The van der Waals surface area contributed by atoms with Gasteiger partial charge in [-0.05, 0) is 26.0 Å². The SMILES string of the molecule is Cc1noc(C)c1S(=O)(=O)N(C)CC(=O)N(C)c1ccccc1. The molecule has 0 atom stereocenters. The number of hydrogen-bond acceptors (Lipinski definition) is 5. The molecule has 0 aliphatic heterocycles. The maximum Gasteiger partial charge on any atom is 0.248 e. The molecule has 2 rings (SSSR count). The molecule has 2 aromatic rings. The summed E-state index contributed by atoms with van der Waals surface area (Å²) in [6, 6.07) is 9.02. The van der Waals surface area contributed by atoms with Gasteiger partial charge in [-0.1, -0.05) is 23.4 Å². The second-order valence-corrected chi connectivity index (χ2v) is 7.18. The highest BCUT2D eigenvalue weighted by atomic mass is 32.2. The van der Waals surface area contributed by atoms with Gasteiger partial charge in [-0.25, -0.2) is 8.42 Å². The molecule has 0 aliphatic carbocycles. The predicted octanol–water partition coefficient (Wildman–Crippen LogP) is 1.57. The number of sulfonamides is 1. The molecule has 0 unspecified atom stereocenters. The van der Waals surface area contributed by atoms with Crippen LogP contribution in [0.1, 0.15) is 11.5 Å². The number of anilines is 1. The van der Waals surface area contributed by atoms with E-state index in [1.807, 2.05) is 18.2 Å². The summed E-state index contributed by atoms with van der Waals surface area (Å²) in [5.74, 6) is -0.132. The number of amides is 1. The molecular weight excluding hydrogens is 318 g/mol. The van der Waals surface area contributed by atoms with Crippen LogP contribution < -0.4 is 4.90 Å². The van der Waals surface area contributed by atoms with Crippen molar-refractivity contribution in [3.05, 3.63) is 41.8 Å². The Morgan fingerprint density at radius 3 is 2.30 bits per heavy atom. The number of benzene rings is 1. The summed E-state index contributed by atoms with van der Waals surface area (Å²) in [7, 11) is -0.874. The number of carbonyl (C=O) groups excluding carboxylic acids is 1. The van der Waals surface area contributed by atoms with Crippen LogP contribution in [0.4, 0.5) is 5.69 Å². The zero-order valence-corrected chi connectivity index (χ0v) is 14.3. The largest absolute Gasteiger partial charge is 0.360 e. The lowest BCUT2D eigenvalue weighted by atomic mass is 10.3. The van der Waals surface area contributed by atoms with Gasteiger partial charge in [0.25, 0.3) is 0 Å². The monoisotopic (exact) mass is 337 g/mol. The lowest BCUT2D eigenvalue weighted by Crippen LogP contribution is -2.39. The normalized spacial score (nSPS) is 11.7. The quantitative estimate of drug-likeness (QED) is 0.827. The molecule has 1 heterocycles. The van der Waals surface area contributed by atoms with Gasteiger partial charge in [0.2, 0.25) is 15.9 Å². The van der Waals surface area contributed by atoms with Gasteiger partial charge >= 0.3 is 0 Å². The zero-order chi connectivity index (χ0) is 17.2. The Kier molecular flexibility index (Phi) is 4.86. The third-order valence-corrected chi connectivity index (χ3v) is 5.56. The fourth-order valence-corrected chi connectivity index (χ4v) is 3.58. The number of aromatic nitrogens is 1. The highest BCUT2D eigenvalue weighted by Gasteiger charge is 2.30. The van der Waals surface area contributed by atoms with Crippen LogP contribution in [0, 0.1) is 13.8 Å². The lowest BCUT2D eigenvalue weighted by Gasteiger charge is -2.21. The van der Waals surface area contributed by atoms with Gasteiger partial charge in [-0.3, -0.25) is 4.79 Å². The Balaban J connectivity index is 2.18. The topological polar surface area (TPSA) is 83.7 Å². The number of aryl methyl sites for hydroxylation is 2. The molecule has 0 saturated heterocycles. The van der Waals surface area contributed by atoms with Crippen LogP contribution in [-0.2, 0) is 14.8 Å². The zero-order valence-electron chi connectivity index (χ0n) is 13.5. The summed E-state index contributed by atoms with van der Waals surface area (Å²) in [6.07, 6.45) is 0. The van der Waals surface area contributed by atoms with E-state index in [1.165, 1.54) is 18.9 Å². The average Bonchev–Trinajstić information content (AvgIpc) is 2.86. The van der Waals surface area contributed by atoms with E-state index in [0.29, 0.717) is 5.69 Å². The van der Waals surface area contributed by atoms with E-state index in [0.717, 1.165) is 4.31 Å². The maximum atomic E-state index is 12.6. The number of rotatable bonds is 5. The summed E-state index contributed by atoms with van der Waals surface area (Å²) in [5.41, 5.74) is 0.971. The van der Waals surface area contributed by atoms with Crippen molar-refractivity contribution in [3.63, 3.8) is 0 Å². The molecule has 1 aromatic carbocycles. The standard InChI is InChI=1S/C15H19N3O4S/c1-11-15(12(2)22-16-11)23(20,21)17(3)10-14(19)18(4)13-8-6-5-7-9-13/h5-9H,10H2,1-4H3. The molecule has 23 heavy (non-hydrogen) atoms. The third-order valence-electron chi connectivity index (χ3n) is 3.51. The Hall–Kier alpha value is -2.19. The van der Waals surface area contributed by atoms with E-state index in [-0.39, 0.29) is 28.8 Å². The van der Waals surface area contributed by atoms with Crippen LogP contribution in [-0.4, -0.2) is 44.4 Å². The van der Waals surface area contributed by atoms with Crippen molar-refractivity contribution < 1.29 is 17.7 Å². The van der Waals surface area contributed by atoms with Crippen molar-refractivity contribution in [2.24, 2.45) is 0 Å². The number of hydrogen-bond donors (Lipinski definition) is 0. The molecular formula is C15H19N3O4S. The van der Waals surface area contributed by atoms with Crippen LogP contribution in [0.3, 0.4) is 0 Å². The third kappa shape index (κ3) is 3.43.